The molecule has 0 amide bonds. The Labute approximate surface area is 177 Å². The van der Waals surface area contributed by atoms with Gasteiger partial charge in [-0.1, -0.05) is 18.2 Å². The molecular formula is C23H31N3O4. The van der Waals surface area contributed by atoms with Gasteiger partial charge < -0.3 is 19.3 Å². The Bertz CT molecular complexity index is 824. The molecule has 30 heavy (non-hydrogen) atoms. The van der Waals surface area contributed by atoms with E-state index < -0.39 is 0 Å². The van der Waals surface area contributed by atoms with E-state index in [-0.39, 0.29) is 23.8 Å². The lowest BCUT2D eigenvalue weighted by molar-refractivity contribution is 0.0322. The quantitative estimate of drug-likeness (QED) is 0.644. The number of morpholine rings is 1. The van der Waals surface area contributed by atoms with Gasteiger partial charge in [0.15, 0.2) is 0 Å². The second kappa shape index (κ2) is 9.66. The van der Waals surface area contributed by atoms with Crippen LogP contribution in [-0.2, 0) is 4.74 Å². The predicted octanol–water partition coefficient (Wildman–Crippen LogP) is 2.43. The Morgan fingerprint density at radius 2 is 1.80 bits per heavy atom. The largest absolute Gasteiger partial charge is 0.507 e. The molecule has 2 aliphatic rings. The fourth-order valence-corrected chi connectivity index (χ4v) is 4.26. The standard InChI is InChI=1S/C23H31N3O4/c1-16-22(17-3-5-18(28-2)6-4-17)23(25-24-16)20-8-7-19(15-21(20)27)30-14-11-26-9-12-29-13-10-26/h3-8,15-16,22-25,27H,9-14H2,1-2H3. The van der Waals surface area contributed by atoms with Gasteiger partial charge in [0.25, 0.3) is 0 Å². The van der Waals surface area contributed by atoms with Crippen LogP contribution in [0.5, 0.6) is 17.2 Å². The molecule has 2 aliphatic heterocycles. The Morgan fingerprint density at radius 1 is 1.07 bits per heavy atom. The molecule has 162 valence electrons. The average Bonchev–Trinajstić information content (AvgIpc) is 3.16. The van der Waals surface area contributed by atoms with E-state index in [1.807, 2.05) is 24.3 Å². The highest BCUT2D eigenvalue weighted by Crippen LogP contribution is 2.41. The highest BCUT2D eigenvalue weighted by molar-refractivity contribution is 5.44. The zero-order valence-electron chi connectivity index (χ0n) is 17.6. The van der Waals surface area contributed by atoms with Gasteiger partial charge in [-0.15, -0.1) is 0 Å². The third-order valence-corrected chi connectivity index (χ3v) is 5.98. The van der Waals surface area contributed by atoms with E-state index in [4.69, 9.17) is 14.2 Å². The number of rotatable bonds is 7. The molecule has 0 bridgehead atoms. The van der Waals surface area contributed by atoms with Crippen molar-refractivity contribution >= 4 is 0 Å². The first-order valence-corrected chi connectivity index (χ1v) is 10.6. The van der Waals surface area contributed by atoms with E-state index in [2.05, 4.69) is 34.8 Å². The zero-order valence-corrected chi connectivity index (χ0v) is 17.6. The van der Waals surface area contributed by atoms with E-state index in [0.717, 1.165) is 44.2 Å². The predicted molar refractivity (Wildman–Crippen MR) is 115 cm³/mol. The lowest BCUT2D eigenvalue weighted by atomic mass is 9.84. The third-order valence-electron chi connectivity index (χ3n) is 5.98. The van der Waals surface area contributed by atoms with E-state index in [0.29, 0.717) is 12.4 Å². The summed E-state index contributed by atoms with van der Waals surface area (Å²) in [6, 6.07) is 13.9. The van der Waals surface area contributed by atoms with Gasteiger partial charge in [-0.2, -0.15) is 0 Å². The van der Waals surface area contributed by atoms with Gasteiger partial charge in [-0.05, 0) is 30.7 Å². The Kier molecular flexibility index (Phi) is 6.74. The van der Waals surface area contributed by atoms with Crippen molar-refractivity contribution in [2.75, 3.05) is 46.6 Å². The summed E-state index contributed by atoms with van der Waals surface area (Å²) in [5.41, 5.74) is 8.71. The summed E-state index contributed by atoms with van der Waals surface area (Å²) in [7, 11) is 1.67. The van der Waals surface area contributed by atoms with Crippen LogP contribution in [0.3, 0.4) is 0 Å². The van der Waals surface area contributed by atoms with Crippen LogP contribution >= 0.6 is 0 Å². The number of nitrogens with one attached hydrogen (secondary N) is 2. The topological polar surface area (TPSA) is 75.2 Å². The minimum atomic E-state index is -0.0456. The van der Waals surface area contributed by atoms with Crippen LogP contribution in [0, 0.1) is 0 Å². The Morgan fingerprint density at radius 3 is 2.50 bits per heavy atom. The first kappa shape index (κ1) is 20.9. The van der Waals surface area contributed by atoms with Crippen LogP contribution in [0.2, 0.25) is 0 Å². The van der Waals surface area contributed by atoms with Gasteiger partial charge in [0.05, 0.1) is 26.4 Å². The molecule has 3 unspecified atom stereocenters. The maximum atomic E-state index is 10.7. The van der Waals surface area contributed by atoms with Crippen molar-refractivity contribution in [1.29, 1.82) is 0 Å². The van der Waals surface area contributed by atoms with Crippen LogP contribution in [0.1, 0.15) is 30.0 Å². The van der Waals surface area contributed by atoms with Gasteiger partial charge in [0, 0.05) is 43.2 Å². The van der Waals surface area contributed by atoms with Gasteiger partial charge in [-0.25, -0.2) is 5.43 Å². The maximum Gasteiger partial charge on any atom is 0.124 e. The molecule has 7 heteroatoms. The summed E-state index contributed by atoms with van der Waals surface area (Å²) in [6.07, 6.45) is 0. The number of methoxy groups -OCH3 is 1. The molecule has 0 aromatic heterocycles. The minimum Gasteiger partial charge on any atom is -0.507 e. The molecule has 0 radical (unpaired) electrons. The number of aromatic hydroxyl groups is 1. The number of phenolic OH excluding ortho intramolecular Hbond substituents is 1. The van der Waals surface area contributed by atoms with Gasteiger partial charge in [-0.3, -0.25) is 10.3 Å². The fraction of sp³-hybridized carbons (Fsp3) is 0.478. The van der Waals surface area contributed by atoms with E-state index in [1.54, 1.807) is 13.2 Å². The second-order valence-corrected chi connectivity index (χ2v) is 7.88. The van der Waals surface area contributed by atoms with Crippen LogP contribution in [0.4, 0.5) is 0 Å². The molecule has 2 heterocycles. The molecule has 4 rings (SSSR count). The smallest absolute Gasteiger partial charge is 0.124 e. The van der Waals surface area contributed by atoms with Crippen LogP contribution in [0.15, 0.2) is 42.5 Å². The molecule has 0 aliphatic carbocycles. The van der Waals surface area contributed by atoms with Crippen molar-refractivity contribution < 1.29 is 19.3 Å². The SMILES string of the molecule is COc1ccc(C2C(C)NNC2c2ccc(OCCN3CCOCC3)cc2O)cc1. The summed E-state index contributed by atoms with van der Waals surface area (Å²) < 4.78 is 16.5. The van der Waals surface area contributed by atoms with E-state index in [1.165, 1.54) is 5.56 Å². The highest BCUT2D eigenvalue weighted by Gasteiger charge is 2.36. The van der Waals surface area contributed by atoms with Crippen LogP contribution < -0.4 is 20.3 Å². The number of phenols is 1. The van der Waals surface area contributed by atoms with Gasteiger partial charge in [0.1, 0.15) is 23.9 Å². The fourth-order valence-electron chi connectivity index (χ4n) is 4.26. The molecular weight excluding hydrogens is 382 g/mol. The van der Waals surface area contributed by atoms with E-state index >= 15 is 0 Å². The number of benzene rings is 2. The van der Waals surface area contributed by atoms with Crippen LogP contribution in [-0.4, -0.2) is 62.6 Å². The van der Waals surface area contributed by atoms with Gasteiger partial charge >= 0.3 is 0 Å². The average molecular weight is 414 g/mol. The second-order valence-electron chi connectivity index (χ2n) is 7.88. The molecule has 2 saturated heterocycles. The van der Waals surface area contributed by atoms with Crippen LogP contribution in [0.25, 0.3) is 0 Å². The molecule has 3 N–H and O–H groups in total. The third kappa shape index (κ3) is 4.70. The highest BCUT2D eigenvalue weighted by atomic mass is 16.5. The first-order valence-electron chi connectivity index (χ1n) is 10.6. The summed E-state index contributed by atoms with van der Waals surface area (Å²) >= 11 is 0. The number of hydrogen-bond acceptors (Lipinski definition) is 7. The number of hydrazine groups is 1. The van der Waals surface area contributed by atoms with Crippen molar-refractivity contribution in [3.05, 3.63) is 53.6 Å². The number of nitrogens with zero attached hydrogens (tertiary/aromatic N) is 1. The first-order chi connectivity index (χ1) is 14.7. The monoisotopic (exact) mass is 413 g/mol. The van der Waals surface area contributed by atoms with Crippen molar-refractivity contribution in [2.24, 2.45) is 0 Å². The molecule has 0 saturated carbocycles. The van der Waals surface area contributed by atoms with Crippen molar-refractivity contribution in [1.82, 2.24) is 15.8 Å². The summed E-state index contributed by atoms with van der Waals surface area (Å²) in [5.74, 6) is 1.94. The number of hydrogen-bond donors (Lipinski definition) is 3. The van der Waals surface area contributed by atoms with E-state index in [9.17, 15) is 5.11 Å². The summed E-state index contributed by atoms with van der Waals surface area (Å²) in [5, 5.41) is 10.7. The van der Waals surface area contributed by atoms with Gasteiger partial charge in [0.2, 0.25) is 0 Å². The molecule has 2 fully saturated rings. The molecule has 0 spiro atoms. The molecule has 3 atom stereocenters. The maximum absolute atomic E-state index is 10.7. The lowest BCUT2D eigenvalue weighted by Gasteiger charge is -2.26. The Hall–Kier alpha value is -2.32. The normalized spacial score (nSPS) is 24.7. The molecule has 2 aromatic rings. The molecule has 7 nitrogen and oxygen atoms in total. The molecule has 2 aromatic carbocycles. The summed E-state index contributed by atoms with van der Waals surface area (Å²) in [4.78, 5) is 2.33. The summed E-state index contributed by atoms with van der Waals surface area (Å²) in [6.45, 7) is 7.04. The van der Waals surface area contributed by atoms with Crippen molar-refractivity contribution in [2.45, 2.75) is 24.9 Å². The number of ether oxygens (including phenoxy) is 3. The van der Waals surface area contributed by atoms with Crippen molar-refractivity contribution in [3.8, 4) is 17.2 Å². The van der Waals surface area contributed by atoms with Crippen molar-refractivity contribution in [3.63, 3.8) is 0 Å². The lowest BCUT2D eigenvalue weighted by Crippen LogP contribution is -2.38. The minimum absolute atomic E-state index is 0.0456. The Balaban J connectivity index is 1.43. The zero-order chi connectivity index (χ0) is 20.9.